The van der Waals surface area contributed by atoms with Gasteiger partial charge in [0, 0.05) is 19.3 Å². The van der Waals surface area contributed by atoms with Crippen LogP contribution in [0.3, 0.4) is 0 Å². The maximum atomic E-state index is 12.9. The number of carbonyl (C=O) groups is 3. The second-order valence-corrected chi connectivity index (χ2v) is 22.7. The van der Waals surface area contributed by atoms with Crippen LogP contribution in [0.15, 0.2) is 36.5 Å². The zero-order valence-corrected chi connectivity index (χ0v) is 50.6. The standard InChI is InChI=1S/C69H128O6/c1-4-7-10-13-16-19-22-25-27-29-31-32-33-34-35-36-38-39-41-44-47-50-53-56-59-62-68(71)74-65-66(64-73-67(70)61-58-55-52-49-46-43-24-21-18-15-12-9-6-3)75-69(72)63-60-57-54-51-48-45-42-40-37-30-28-26-23-20-17-14-11-8-5-2/h17,20-21,24,26,28,66H,4-16,18-19,22-23,25,27,29-65H2,1-3H3/b20-17-,24-21-,28-26-. The Morgan fingerprint density at radius 2 is 0.480 bits per heavy atom. The zero-order valence-electron chi connectivity index (χ0n) is 50.6. The molecule has 0 fully saturated rings. The average molecular weight is 1050 g/mol. The van der Waals surface area contributed by atoms with Gasteiger partial charge < -0.3 is 14.2 Å². The molecule has 6 nitrogen and oxygen atoms in total. The van der Waals surface area contributed by atoms with Crippen LogP contribution in [0.1, 0.15) is 367 Å². The molecule has 1 unspecified atom stereocenters. The summed E-state index contributed by atoms with van der Waals surface area (Å²) in [5.74, 6) is -0.861. The van der Waals surface area contributed by atoms with Gasteiger partial charge >= 0.3 is 17.9 Å². The first-order chi connectivity index (χ1) is 37.0. The van der Waals surface area contributed by atoms with Crippen molar-refractivity contribution >= 4 is 17.9 Å². The van der Waals surface area contributed by atoms with Gasteiger partial charge in [-0.25, -0.2) is 0 Å². The molecule has 0 aromatic carbocycles. The van der Waals surface area contributed by atoms with E-state index in [1.807, 2.05) is 0 Å². The Hall–Kier alpha value is -2.37. The van der Waals surface area contributed by atoms with E-state index < -0.39 is 6.10 Å². The van der Waals surface area contributed by atoms with E-state index in [9.17, 15) is 14.4 Å². The van der Waals surface area contributed by atoms with E-state index in [1.54, 1.807) is 0 Å². The normalized spacial score (nSPS) is 12.2. The average Bonchev–Trinajstić information content (AvgIpc) is 3.41. The van der Waals surface area contributed by atoms with Crippen molar-refractivity contribution in [3.05, 3.63) is 36.5 Å². The van der Waals surface area contributed by atoms with E-state index in [4.69, 9.17) is 14.2 Å². The van der Waals surface area contributed by atoms with Crippen LogP contribution in [0.4, 0.5) is 0 Å². The van der Waals surface area contributed by atoms with Gasteiger partial charge in [0.15, 0.2) is 6.10 Å². The molecule has 0 spiro atoms. The maximum absolute atomic E-state index is 12.9. The highest BCUT2D eigenvalue weighted by Crippen LogP contribution is 2.18. The summed E-state index contributed by atoms with van der Waals surface area (Å²) in [6, 6.07) is 0. The molecule has 0 saturated heterocycles. The SMILES string of the molecule is CCCCC/C=C\C/C=C\CCCCCCCCCCCC(=O)OC(COC(=O)CCCCCCC/C=C\CCCCCC)COC(=O)CCCCCCCCCCCCCCCCCCCCCCCCCCC. The van der Waals surface area contributed by atoms with Crippen LogP contribution in [0.5, 0.6) is 0 Å². The number of rotatable bonds is 62. The fourth-order valence-electron chi connectivity index (χ4n) is 10.1. The fraction of sp³-hybridized carbons (Fsp3) is 0.870. The van der Waals surface area contributed by atoms with Crippen LogP contribution in [-0.2, 0) is 28.6 Å². The van der Waals surface area contributed by atoms with E-state index in [0.29, 0.717) is 19.3 Å². The molecule has 1 atom stereocenters. The molecule has 440 valence electrons. The molecule has 0 aliphatic heterocycles. The highest BCUT2D eigenvalue weighted by atomic mass is 16.6. The number of allylic oxidation sites excluding steroid dienone is 6. The highest BCUT2D eigenvalue weighted by molar-refractivity contribution is 5.71. The highest BCUT2D eigenvalue weighted by Gasteiger charge is 2.19. The van der Waals surface area contributed by atoms with Gasteiger partial charge in [-0.1, -0.05) is 308 Å². The van der Waals surface area contributed by atoms with Crippen LogP contribution < -0.4 is 0 Å². The predicted molar refractivity (Wildman–Crippen MR) is 326 cm³/mol. The molecule has 0 aromatic rings. The minimum Gasteiger partial charge on any atom is -0.462 e. The molecule has 0 aliphatic rings. The Kier molecular flexibility index (Phi) is 62.1. The van der Waals surface area contributed by atoms with Gasteiger partial charge in [0.2, 0.25) is 0 Å². The Balaban J connectivity index is 4.24. The Labute approximate surface area is 467 Å². The molecule has 0 aliphatic carbocycles. The molecule has 0 radical (unpaired) electrons. The second kappa shape index (κ2) is 64.2. The molecular weight excluding hydrogens is 925 g/mol. The quantitative estimate of drug-likeness (QED) is 0.0261. The van der Waals surface area contributed by atoms with E-state index in [1.165, 1.54) is 257 Å². The van der Waals surface area contributed by atoms with Crippen molar-refractivity contribution in [2.75, 3.05) is 13.2 Å². The van der Waals surface area contributed by atoms with Crippen molar-refractivity contribution in [3.63, 3.8) is 0 Å². The topological polar surface area (TPSA) is 78.9 Å². The van der Waals surface area contributed by atoms with E-state index in [-0.39, 0.29) is 31.1 Å². The van der Waals surface area contributed by atoms with Gasteiger partial charge in [-0.2, -0.15) is 0 Å². The van der Waals surface area contributed by atoms with Crippen LogP contribution in [0, 0.1) is 0 Å². The van der Waals surface area contributed by atoms with Gasteiger partial charge in [0.25, 0.3) is 0 Å². The Morgan fingerprint density at radius 1 is 0.267 bits per heavy atom. The summed E-state index contributed by atoms with van der Waals surface area (Å²) in [6.45, 7) is 6.65. The number of ether oxygens (including phenoxy) is 3. The fourth-order valence-corrected chi connectivity index (χ4v) is 10.1. The smallest absolute Gasteiger partial charge is 0.306 e. The molecule has 0 saturated carbocycles. The molecule has 75 heavy (non-hydrogen) atoms. The van der Waals surface area contributed by atoms with Crippen LogP contribution in [0.25, 0.3) is 0 Å². The molecule has 0 bridgehead atoms. The summed E-state index contributed by atoms with van der Waals surface area (Å²) >= 11 is 0. The van der Waals surface area contributed by atoms with Crippen molar-refractivity contribution in [2.45, 2.75) is 374 Å². The van der Waals surface area contributed by atoms with E-state index >= 15 is 0 Å². The molecule has 0 amide bonds. The van der Waals surface area contributed by atoms with Crippen LogP contribution in [-0.4, -0.2) is 37.2 Å². The molecule has 0 aromatic heterocycles. The summed E-state index contributed by atoms with van der Waals surface area (Å²) in [7, 11) is 0. The third-order valence-electron chi connectivity index (χ3n) is 15.1. The number of hydrogen-bond donors (Lipinski definition) is 0. The molecule has 0 heterocycles. The first kappa shape index (κ1) is 72.6. The van der Waals surface area contributed by atoms with Crippen molar-refractivity contribution in [2.24, 2.45) is 0 Å². The van der Waals surface area contributed by atoms with Crippen LogP contribution >= 0.6 is 0 Å². The second-order valence-electron chi connectivity index (χ2n) is 22.7. The third kappa shape index (κ3) is 62.4. The molecular formula is C69H128O6. The van der Waals surface area contributed by atoms with Crippen molar-refractivity contribution in [1.82, 2.24) is 0 Å². The van der Waals surface area contributed by atoms with Gasteiger partial charge in [0.1, 0.15) is 13.2 Å². The lowest BCUT2D eigenvalue weighted by Crippen LogP contribution is -2.30. The van der Waals surface area contributed by atoms with Gasteiger partial charge in [0.05, 0.1) is 0 Å². The largest absolute Gasteiger partial charge is 0.462 e. The third-order valence-corrected chi connectivity index (χ3v) is 15.1. The monoisotopic (exact) mass is 1050 g/mol. The minimum absolute atomic E-state index is 0.0721. The lowest BCUT2D eigenvalue weighted by atomic mass is 10.0. The lowest BCUT2D eigenvalue weighted by molar-refractivity contribution is -0.167. The summed E-state index contributed by atoms with van der Waals surface area (Å²) in [6.07, 6.45) is 78.8. The summed E-state index contributed by atoms with van der Waals surface area (Å²) in [5.41, 5.74) is 0. The lowest BCUT2D eigenvalue weighted by Gasteiger charge is -2.18. The summed E-state index contributed by atoms with van der Waals surface area (Å²) < 4.78 is 16.9. The first-order valence-corrected chi connectivity index (χ1v) is 33.5. The number of hydrogen-bond acceptors (Lipinski definition) is 6. The van der Waals surface area contributed by atoms with E-state index in [2.05, 4.69) is 57.2 Å². The Morgan fingerprint density at radius 3 is 0.787 bits per heavy atom. The van der Waals surface area contributed by atoms with E-state index in [0.717, 1.165) is 70.6 Å². The molecule has 0 N–H and O–H groups in total. The minimum atomic E-state index is -0.776. The predicted octanol–water partition coefficient (Wildman–Crippen LogP) is 22.8. The number of esters is 3. The maximum Gasteiger partial charge on any atom is 0.306 e. The van der Waals surface area contributed by atoms with Gasteiger partial charge in [-0.05, 0) is 77.0 Å². The summed E-state index contributed by atoms with van der Waals surface area (Å²) in [4.78, 5) is 38.3. The van der Waals surface area contributed by atoms with Crippen LogP contribution in [0.2, 0.25) is 0 Å². The summed E-state index contributed by atoms with van der Waals surface area (Å²) in [5, 5.41) is 0. The van der Waals surface area contributed by atoms with Gasteiger partial charge in [-0.3, -0.25) is 14.4 Å². The van der Waals surface area contributed by atoms with Crippen molar-refractivity contribution < 1.29 is 28.6 Å². The number of carbonyl (C=O) groups excluding carboxylic acids is 3. The van der Waals surface area contributed by atoms with Crippen molar-refractivity contribution in [1.29, 1.82) is 0 Å². The number of unbranched alkanes of at least 4 members (excludes halogenated alkanes) is 45. The first-order valence-electron chi connectivity index (χ1n) is 33.5. The molecule has 0 rings (SSSR count). The molecule has 6 heteroatoms. The van der Waals surface area contributed by atoms with Crippen molar-refractivity contribution in [3.8, 4) is 0 Å². The zero-order chi connectivity index (χ0) is 54.3. The Bertz CT molecular complexity index is 1250. The van der Waals surface area contributed by atoms with Gasteiger partial charge in [-0.15, -0.1) is 0 Å².